The number of rotatable bonds is 2. The summed E-state index contributed by atoms with van der Waals surface area (Å²) in [7, 11) is 0. The van der Waals surface area contributed by atoms with E-state index in [4.69, 9.17) is 5.11 Å². The summed E-state index contributed by atoms with van der Waals surface area (Å²) in [5, 5.41) is 9.95. The number of hydrogen-bond donors (Lipinski definition) is 2. The Hall–Kier alpha value is -1.77. The minimum absolute atomic E-state index is 0.319. The van der Waals surface area contributed by atoms with Crippen molar-refractivity contribution in [2.45, 2.75) is 19.8 Å². The maximum atomic E-state index is 10.8. The SMILES string of the molecule is CC(C)c1c[nH]c2cc(C(=O)O)ccc12. The summed E-state index contributed by atoms with van der Waals surface area (Å²) in [5.74, 6) is -0.452. The van der Waals surface area contributed by atoms with Crippen molar-refractivity contribution in [3.8, 4) is 0 Å². The molecule has 0 amide bonds. The van der Waals surface area contributed by atoms with E-state index in [1.54, 1.807) is 12.1 Å². The van der Waals surface area contributed by atoms with Gasteiger partial charge in [-0.1, -0.05) is 19.9 Å². The second-order valence-corrected chi connectivity index (χ2v) is 3.96. The molecule has 15 heavy (non-hydrogen) atoms. The number of nitrogens with one attached hydrogen (secondary N) is 1. The first-order valence-electron chi connectivity index (χ1n) is 4.94. The standard InChI is InChI=1S/C12H13NO2/c1-7(2)10-6-13-11-5-8(12(14)15)3-4-9(10)11/h3-7,13H,1-2H3,(H,14,15). The second kappa shape index (κ2) is 3.42. The van der Waals surface area contributed by atoms with Crippen molar-refractivity contribution in [3.05, 3.63) is 35.5 Å². The highest BCUT2D eigenvalue weighted by Crippen LogP contribution is 2.25. The van der Waals surface area contributed by atoms with Gasteiger partial charge in [0.05, 0.1) is 5.56 Å². The van der Waals surface area contributed by atoms with Crippen LogP contribution in [0.2, 0.25) is 0 Å². The number of carboxylic acid groups (broad SMARTS) is 1. The van der Waals surface area contributed by atoms with Gasteiger partial charge in [-0.15, -0.1) is 0 Å². The van der Waals surface area contributed by atoms with Crippen LogP contribution in [0.15, 0.2) is 24.4 Å². The number of hydrogen-bond acceptors (Lipinski definition) is 1. The lowest BCUT2D eigenvalue weighted by Crippen LogP contribution is -1.95. The van der Waals surface area contributed by atoms with E-state index in [0.717, 1.165) is 10.9 Å². The molecule has 2 rings (SSSR count). The molecule has 3 nitrogen and oxygen atoms in total. The van der Waals surface area contributed by atoms with Gasteiger partial charge in [0.15, 0.2) is 0 Å². The number of benzene rings is 1. The maximum absolute atomic E-state index is 10.8. The van der Waals surface area contributed by atoms with Crippen molar-refractivity contribution in [1.82, 2.24) is 4.98 Å². The molecule has 0 radical (unpaired) electrons. The van der Waals surface area contributed by atoms with Gasteiger partial charge in [0.2, 0.25) is 0 Å². The van der Waals surface area contributed by atoms with E-state index in [0.29, 0.717) is 11.5 Å². The predicted molar refractivity (Wildman–Crippen MR) is 59.3 cm³/mol. The van der Waals surface area contributed by atoms with Crippen molar-refractivity contribution >= 4 is 16.9 Å². The molecule has 0 spiro atoms. The Morgan fingerprint density at radius 1 is 1.40 bits per heavy atom. The Kier molecular flexibility index (Phi) is 2.23. The van der Waals surface area contributed by atoms with Crippen LogP contribution in [0.3, 0.4) is 0 Å². The number of fused-ring (bicyclic) bond motifs is 1. The van der Waals surface area contributed by atoms with Crippen LogP contribution in [0.1, 0.15) is 35.7 Å². The first kappa shape index (κ1) is 9.77. The quantitative estimate of drug-likeness (QED) is 0.788. The first-order chi connectivity index (χ1) is 7.09. The van der Waals surface area contributed by atoms with Crippen molar-refractivity contribution in [1.29, 1.82) is 0 Å². The van der Waals surface area contributed by atoms with Crippen LogP contribution in [0.4, 0.5) is 0 Å². The fourth-order valence-electron chi connectivity index (χ4n) is 1.76. The first-order valence-corrected chi connectivity index (χ1v) is 4.94. The lowest BCUT2D eigenvalue weighted by atomic mass is 10.0. The molecule has 0 atom stereocenters. The summed E-state index contributed by atoms with van der Waals surface area (Å²) in [6.45, 7) is 4.24. The molecule has 1 aromatic heterocycles. The Balaban J connectivity index is 2.61. The lowest BCUT2D eigenvalue weighted by Gasteiger charge is -2.02. The van der Waals surface area contributed by atoms with Gasteiger partial charge in [-0.2, -0.15) is 0 Å². The number of carbonyl (C=O) groups is 1. The third-order valence-corrected chi connectivity index (χ3v) is 2.58. The number of aromatic amines is 1. The van der Waals surface area contributed by atoms with Gasteiger partial charge in [-0.25, -0.2) is 4.79 Å². The van der Waals surface area contributed by atoms with Crippen LogP contribution in [-0.2, 0) is 0 Å². The van der Waals surface area contributed by atoms with Crippen molar-refractivity contribution in [2.75, 3.05) is 0 Å². The van der Waals surface area contributed by atoms with E-state index in [9.17, 15) is 4.79 Å². The Morgan fingerprint density at radius 2 is 2.13 bits per heavy atom. The second-order valence-electron chi connectivity index (χ2n) is 3.96. The van der Waals surface area contributed by atoms with E-state index < -0.39 is 5.97 Å². The van der Waals surface area contributed by atoms with Gasteiger partial charge in [0.25, 0.3) is 0 Å². The third-order valence-electron chi connectivity index (χ3n) is 2.58. The number of aromatic nitrogens is 1. The molecule has 1 heterocycles. The zero-order valence-electron chi connectivity index (χ0n) is 8.74. The van der Waals surface area contributed by atoms with Crippen LogP contribution in [-0.4, -0.2) is 16.1 Å². The molecule has 1 aromatic carbocycles. The molecule has 0 aliphatic carbocycles. The molecule has 0 unspecified atom stereocenters. The number of carboxylic acids is 1. The Morgan fingerprint density at radius 3 is 2.73 bits per heavy atom. The summed E-state index contributed by atoms with van der Waals surface area (Å²) < 4.78 is 0. The Bertz CT molecular complexity index is 511. The van der Waals surface area contributed by atoms with Crippen molar-refractivity contribution in [3.63, 3.8) is 0 Å². The smallest absolute Gasteiger partial charge is 0.335 e. The molecule has 0 saturated heterocycles. The monoisotopic (exact) mass is 203 g/mol. The van der Waals surface area contributed by atoms with Gasteiger partial charge in [0, 0.05) is 17.1 Å². The minimum Gasteiger partial charge on any atom is -0.478 e. The molecule has 0 fully saturated rings. The molecule has 3 heteroatoms. The third kappa shape index (κ3) is 1.61. The highest BCUT2D eigenvalue weighted by atomic mass is 16.4. The summed E-state index contributed by atoms with van der Waals surface area (Å²) in [4.78, 5) is 13.9. The number of H-pyrrole nitrogens is 1. The van der Waals surface area contributed by atoms with E-state index in [1.165, 1.54) is 5.56 Å². The summed E-state index contributed by atoms with van der Waals surface area (Å²) in [6, 6.07) is 5.18. The molecule has 78 valence electrons. The van der Waals surface area contributed by atoms with Gasteiger partial charge >= 0.3 is 5.97 Å². The van der Waals surface area contributed by atoms with Crippen LogP contribution in [0, 0.1) is 0 Å². The highest BCUT2D eigenvalue weighted by Gasteiger charge is 2.09. The molecule has 2 N–H and O–H groups in total. The van der Waals surface area contributed by atoms with Gasteiger partial charge in [0.1, 0.15) is 0 Å². The molecule has 2 aromatic rings. The summed E-state index contributed by atoms with van der Waals surface area (Å²) >= 11 is 0. The lowest BCUT2D eigenvalue weighted by molar-refractivity contribution is 0.0697. The zero-order valence-corrected chi connectivity index (χ0v) is 8.74. The summed E-state index contributed by atoms with van der Waals surface area (Å²) in [5.41, 5.74) is 2.43. The normalized spacial score (nSPS) is 11.1. The fourth-order valence-corrected chi connectivity index (χ4v) is 1.76. The van der Waals surface area contributed by atoms with Crippen molar-refractivity contribution in [2.24, 2.45) is 0 Å². The highest BCUT2D eigenvalue weighted by molar-refractivity contribution is 5.94. The molecular formula is C12H13NO2. The van der Waals surface area contributed by atoms with E-state index in [1.807, 2.05) is 12.3 Å². The average Bonchev–Trinajstić information content (AvgIpc) is 2.59. The fraction of sp³-hybridized carbons (Fsp3) is 0.250. The van der Waals surface area contributed by atoms with E-state index >= 15 is 0 Å². The van der Waals surface area contributed by atoms with E-state index in [2.05, 4.69) is 18.8 Å². The van der Waals surface area contributed by atoms with Crippen molar-refractivity contribution < 1.29 is 9.90 Å². The van der Waals surface area contributed by atoms with Crippen LogP contribution >= 0.6 is 0 Å². The molecular weight excluding hydrogens is 190 g/mol. The average molecular weight is 203 g/mol. The molecule has 0 aliphatic heterocycles. The molecule has 0 bridgehead atoms. The summed E-state index contributed by atoms with van der Waals surface area (Å²) in [6.07, 6.45) is 1.95. The van der Waals surface area contributed by atoms with Gasteiger partial charge in [-0.05, 0) is 23.6 Å². The number of aromatic carboxylic acids is 1. The zero-order chi connectivity index (χ0) is 11.0. The topological polar surface area (TPSA) is 53.1 Å². The maximum Gasteiger partial charge on any atom is 0.335 e. The largest absolute Gasteiger partial charge is 0.478 e. The van der Waals surface area contributed by atoms with Crippen LogP contribution in [0.5, 0.6) is 0 Å². The van der Waals surface area contributed by atoms with Crippen LogP contribution < -0.4 is 0 Å². The molecule has 0 saturated carbocycles. The van der Waals surface area contributed by atoms with Crippen LogP contribution in [0.25, 0.3) is 10.9 Å². The minimum atomic E-state index is -0.891. The van der Waals surface area contributed by atoms with Gasteiger partial charge < -0.3 is 10.1 Å². The molecule has 0 aliphatic rings. The van der Waals surface area contributed by atoms with Gasteiger partial charge in [-0.3, -0.25) is 0 Å². The van der Waals surface area contributed by atoms with E-state index in [-0.39, 0.29) is 0 Å². The Labute approximate surface area is 87.7 Å². The predicted octanol–water partition coefficient (Wildman–Crippen LogP) is 2.99.